The molecule has 0 aliphatic carbocycles. The summed E-state index contributed by atoms with van der Waals surface area (Å²) in [6, 6.07) is 124. The van der Waals surface area contributed by atoms with Crippen molar-refractivity contribution in [2.24, 2.45) is 0 Å². The van der Waals surface area contributed by atoms with Crippen molar-refractivity contribution in [3.8, 4) is 0 Å². The number of benzene rings is 18. The van der Waals surface area contributed by atoms with Crippen LogP contribution < -0.4 is 19.6 Å². The minimum absolute atomic E-state index is 0.303. The Kier molecular flexibility index (Phi) is 14.8. The molecule has 0 saturated heterocycles. The molecule has 8 heteroatoms. The first-order valence-corrected chi connectivity index (χ1v) is 35.9. The Morgan fingerprint density at radius 1 is 0.226 bits per heavy atom. The van der Waals surface area contributed by atoms with Crippen LogP contribution in [0.1, 0.15) is 16.7 Å². The van der Waals surface area contributed by atoms with E-state index < -0.39 is 0 Å². The number of nitrogens with zero attached hydrogens (tertiary/aromatic N) is 4. The fourth-order valence-electron chi connectivity index (χ4n) is 16.2. The van der Waals surface area contributed by atoms with Gasteiger partial charge in [0, 0.05) is 113 Å². The standard InChI is InChI=1S/C98H64F2N4O2/c1-62-32-44-73(45-33-62)101(75-50-40-69(99)41-51-75)87-58-91-95(83-28-14-10-24-79(83)87)96-84-29-15-11-25-80(84)88(59-92(96)105-91)102(76-52-42-70(100)43-53-76)74-46-35-63(36-47-74)54-64-34-37-68-57-78(49-39-67(68)55-64)104(72-22-6-3-7-23-72)90-61-94-98(86-31-17-13-27-82(86)90)97-85-30-16-12-26-81(85)89(60-93(97)106-94)103(71-20-4-2-5-21-71)77-48-38-65-18-8-9-19-66(65)56-77/h2-53,55-61H,54H2,1H3. The molecule has 502 valence electrons. The Balaban J connectivity index is 0.653. The zero-order valence-electron chi connectivity index (χ0n) is 57.6. The molecule has 106 heavy (non-hydrogen) atoms. The predicted molar refractivity (Wildman–Crippen MR) is 439 cm³/mol. The van der Waals surface area contributed by atoms with Crippen molar-refractivity contribution in [3.63, 3.8) is 0 Å². The normalized spacial score (nSPS) is 11.8. The van der Waals surface area contributed by atoms with Gasteiger partial charge in [-0.2, -0.15) is 0 Å². The molecule has 20 aromatic rings. The van der Waals surface area contributed by atoms with Gasteiger partial charge in [0.25, 0.3) is 0 Å². The number of rotatable bonds is 14. The van der Waals surface area contributed by atoms with Crippen molar-refractivity contribution in [1.82, 2.24) is 0 Å². The summed E-state index contributed by atoms with van der Waals surface area (Å²) in [4.78, 5) is 9.10. The molecule has 20 rings (SSSR count). The number of hydrogen-bond acceptors (Lipinski definition) is 6. The van der Waals surface area contributed by atoms with Crippen LogP contribution in [0.4, 0.5) is 77.0 Å². The van der Waals surface area contributed by atoms with E-state index >= 15 is 0 Å². The van der Waals surface area contributed by atoms with Crippen molar-refractivity contribution >= 4 is 177 Å². The topological polar surface area (TPSA) is 39.2 Å². The van der Waals surface area contributed by atoms with Crippen LogP contribution in [0, 0.1) is 18.6 Å². The molecule has 0 fully saturated rings. The monoisotopic (exact) mass is 1370 g/mol. The van der Waals surface area contributed by atoms with E-state index in [0.717, 1.165) is 166 Å². The number of para-hydroxylation sites is 2. The summed E-state index contributed by atoms with van der Waals surface area (Å²) in [6.07, 6.45) is 0.699. The molecule has 0 amide bonds. The second kappa shape index (κ2) is 25.3. The molecular formula is C98H64F2N4O2. The summed E-state index contributed by atoms with van der Waals surface area (Å²) in [5.74, 6) is -0.620. The van der Waals surface area contributed by atoms with Gasteiger partial charge < -0.3 is 28.4 Å². The van der Waals surface area contributed by atoms with Gasteiger partial charge in [-0.15, -0.1) is 0 Å². The van der Waals surface area contributed by atoms with Crippen LogP contribution in [-0.2, 0) is 6.42 Å². The van der Waals surface area contributed by atoms with Gasteiger partial charge in [0.05, 0.1) is 22.7 Å². The molecule has 0 N–H and O–H groups in total. The van der Waals surface area contributed by atoms with Crippen LogP contribution in [0.25, 0.3) is 109 Å². The van der Waals surface area contributed by atoms with Gasteiger partial charge in [-0.1, -0.05) is 218 Å². The maximum absolute atomic E-state index is 15.0. The zero-order valence-corrected chi connectivity index (χ0v) is 57.6. The third kappa shape index (κ3) is 10.6. The lowest BCUT2D eigenvalue weighted by Crippen LogP contribution is -2.11. The average molecular weight is 1370 g/mol. The Morgan fingerprint density at radius 2 is 0.500 bits per heavy atom. The lowest BCUT2D eigenvalue weighted by Gasteiger charge is -2.27. The maximum atomic E-state index is 15.0. The molecule has 0 saturated carbocycles. The lowest BCUT2D eigenvalue weighted by atomic mass is 9.96. The summed E-state index contributed by atoms with van der Waals surface area (Å²) in [6.45, 7) is 2.07. The Bertz CT molecular complexity index is 6790. The van der Waals surface area contributed by atoms with Crippen molar-refractivity contribution < 1.29 is 17.6 Å². The third-order valence-electron chi connectivity index (χ3n) is 21.1. The first kappa shape index (κ1) is 62.0. The number of fused-ring (bicyclic) bond motifs is 16. The summed E-state index contributed by atoms with van der Waals surface area (Å²) in [5, 5.41) is 17.3. The fourth-order valence-corrected chi connectivity index (χ4v) is 16.2. The molecule has 2 heterocycles. The van der Waals surface area contributed by atoms with E-state index in [4.69, 9.17) is 8.83 Å². The SMILES string of the molecule is Cc1ccc(N(c2ccc(F)cc2)c2cc3oc4cc(N(c5ccc(F)cc5)c5ccc(Cc6ccc7cc(N(c8ccccc8)c8cc9oc%10cc(N(c%11ccccc%11)c%11ccc%12ccccc%12c%11)c%11ccccc%11c%10c9c9ccccc89)ccc7c6)cc5)c5ccccc5c4c3c3ccccc23)cc1. The zero-order chi connectivity index (χ0) is 70.5. The quantitative estimate of drug-likeness (QED) is 0.108. The summed E-state index contributed by atoms with van der Waals surface area (Å²) in [5.41, 5.74) is 17.9. The van der Waals surface area contributed by atoms with Gasteiger partial charge >= 0.3 is 0 Å². The highest BCUT2D eigenvalue weighted by Crippen LogP contribution is 2.53. The summed E-state index contributed by atoms with van der Waals surface area (Å²) >= 11 is 0. The van der Waals surface area contributed by atoms with Crippen LogP contribution in [0.2, 0.25) is 0 Å². The molecule has 2 aromatic heterocycles. The fraction of sp³-hybridized carbons (Fsp3) is 0.0204. The van der Waals surface area contributed by atoms with Gasteiger partial charge in [0.2, 0.25) is 0 Å². The van der Waals surface area contributed by atoms with Crippen LogP contribution in [0.3, 0.4) is 0 Å². The number of hydrogen-bond donors (Lipinski definition) is 0. The van der Waals surface area contributed by atoms with Crippen molar-refractivity contribution in [1.29, 1.82) is 0 Å². The molecule has 0 spiro atoms. The van der Waals surface area contributed by atoms with Gasteiger partial charge in [-0.25, -0.2) is 8.78 Å². The molecule has 6 nitrogen and oxygen atoms in total. The molecular weight excluding hydrogens is 1300 g/mol. The molecule has 0 aliphatic rings. The van der Waals surface area contributed by atoms with Crippen LogP contribution in [0.5, 0.6) is 0 Å². The van der Waals surface area contributed by atoms with Crippen LogP contribution in [-0.4, -0.2) is 0 Å². The Labute approximate surface area is 609 Å². The number of halogens is 2. The largest absolute Gasteiger partial charge is 0.456 e. The minimum atomic E-state index is -0.317. The highest BCUT2D eigenvalue weighted by atomic mass is 19.1. The van der Waals surface area contributed by atoms with Crippen molar-refractivity contribution in [3.05, 3.63) is 386 Å². The van der Waals surface area contributed by atoms with E-state index in [0.29, 0.717) is 17.6 Å². The molecule has 18 aromatic carbocycles. The highest BCUT2D eigenvalue weighted by molar-refractivity contribution is 6.32. The number of anilines is 12. The molecule has 0 unspecified atom stereocenters. The predicted octanol–water partition coefficient (Wildman–Crippen LogP) is 28.5. The van der Waals surface area contributed by atoms with E-state index in [1.807, 2.05) is 24.3 Å². The molecule has 0 atom stereocenters. The number of furan rings is 2. The minimum Gasteiger partial charge on any atom is -0.456 e. The van der Waals surface area contributed by atoms with Crippen molar-refractivity contribution in [2.45, 2.75) is 13.3 Å². The summed E-state index contributed by atoms with van der Waals surface area (Å²) in [7, 11) is 0. The van der Waals surface area contributed by atoms with Gasteiger partial charge in [0.1, 0.15) is 34.0 Å². The smallest absolute Gasteiger partial charge is 0.138 e. The van der Waals surface area contributed by atoms with E-state index in [1.54, 1.807) is 0 Å². The molecule has 0 bridgehead atoms. The average Bonchev–Trinajstić information content (AvgIpc) is 1.52. The first-order chi connectivity index (χ1) is 52.3. The Hall–Kier alpha value is -13.8. The van der Waals surface area contributed by atoms with E-state index in [9.17, 15) is 8.78 Å². The summed E-state index contributed by atoms with van der Waals surface area (Å²) < 4.78 is 44.0. The van der Waals surface area contributed by atoms with E-state index in [-0.39, 0.29) is 11.6 Å². The van der Waals surface area contributed by atoms with Crippen LogP contribution in [0.15, 0.2) is 367 Å². The van der Waals surface area contributed by atoms with Gasteiger partial charge in [-0.3, -0.25) is 0 Å². The molecule has 0 aliphatic heterocycles. The van der Waals surface area contributed by atoms with E-state index in [2.05, 4.69) is 336 Å². The first-order valence-electron chi connectivity index (χ1n) is 35.9. The maximum Gasteiger partial charge on any atom is 0.138 e. The third-order valence-corrected chi connectivity index (χ3v) is 21.1. The van der Waals surface area contributed by atoms with Crippen molar-refractivity contribution in [2.75, 3.05) is 19.6 Å². The second-order valence-electron chi connectivity index (χ2n) is 27.5. The number of aryl methyl sites for hydroxylation is 1. The highest BCUT2D eigenvalue weighted by Gasteiger charge is 2.28. The Morgan fingerprint density at radius 3 is 0.906 bits per heavy atom. The lowest BCUT2D eigenvalue weighted by molar-refractivity contribution is 0.627. The second-order valence-corrected chi connectivity index (χ2v) is 27.5. The van der Waals surface area contributed by atoms with Gasteiger partial charge in [-0.05, 0) is 189 Å². The van der Waals surface area contributed by atoms with Gasteiger partial charge in [0.15, 0.2) is 0 Å². The van der Waals surface area contributed by atoms with E-state index in [1.165, 1.54) is 40.6 Å². The van der Waals surface area contributed by atoms with Crippen LogP contribution >= 0.6 is 0 Å². The molecule has 0 radical (unpaired) electrons.